The fourth-order valence-corrected chi connectivity index (χ4v) is 3.56. The Morgan fingerprint density at radius 1 is 1.00 bits per heavy atom. The summed E-state index contributed by atoms with van der Waals surface area (Å²) in [6.45, 7) is 0.363. The molecule has 3 unspecified atom stereocenters. The largest absolute Gasteiger partial charge is 0.394 e. The van der Waals surface area contributed by atoms with Crippen LogP contribution in [0, 0.1) is 5.92 Å². The summed E-state index contributed by atoms with van der Waals surface area (Å²) in [5.41, 5.74) is 0. The lowest BCUT2D eigenvalue weighted by Gasteiger charge is -2.36. The first-order valence-electron chi connectivity index (χ1n) is 8.94. The van der Waals surface area contributed by atoms with Gasteiger partial charge in [-0.2, -0.15) is 0 Å². The highest BCUT2D eigenvalue weighted by Crippen LogP contribution is 2.28. The van der Waals surface area contributed by atoms with E-state index in [1.54, 1.807) is 0 Å². The van der Waals surface area contributed by atoms with Gasteiger partial charge in [-0.3, -0.25) is 0 Å². The molecule has 5 heteroatoms. The van der Waals surface area contributed by atoms with E-state index in [1.807, 2.05) is 0 Å². The van der Waals surface area contributed by atoms with Crippen LogP contribution in [0.5, 0.6) is 0 Å². The molecule has 22 heavy (non-hydrogen) atoms. The Balaban J connectivity index is 1.53. The molecule has 0 spiro atoms. The first-order chi connectivity index (χ1) is 10.7. The highest BCUT2D eigenvalue weighted by molar-refractivity contribution is 4.80. The Morgan fingerprint density at radius 2 is 1.77 bits per heavy atom. The molecular weight excluding hydrogens is 284 g/mol. The summed E-state index contributed by atoms with van der Waals surface area (Å²) in [6.07, 6.45) is 8.73. The van der Waals surface area contributed by atoms with E-state index in [2.05, 4.69) is 0 Å². The fourth-order valence-electron chi connectivity index (χ4n) is 3.56. The molecule has 0 amide bonds. The molecule has 0 radical (unpaired) electrons. The van der Waals surface area contributed by atoms with Gasteiger partial charge in [0.1, 0.15) is 6.10 Å². The maximum Gasteiger partial charge on any atom is 0.186 e. The summed E-state index contributed by atoms with van der Waals surface area (Å²) in [5.74, 6) is 0.929. The molecule has 0 bridgehead atoms. The van der Waals surface area contributed by atoms with Crippen molar-refractivity contribution in [1.82, 2.24) is 0 Å². The summed E-state index contributed by atoms with van der Waals surface area (Å²) < 4.78 is 11.0. The summed E-state index contributed by atoms with van der Waals surface area (Å²) in [5, 5.41) is 28.7. The molecule has 2 aliphatic rings. The van der Waals surface area contributed by atoms with Gasteiger partial charge in [-0.15, -0.1) is 0 Å². The quantitative estimate of drug-likeness (QED) is 0.597. The minimum absolute atomic E-state index is 0.162. The normalized spacial score (nSPS) is 34.0. The number of rotatable bonds is 8. The maximum atomic E-state index is 9.84. The summed E-state index contributed by atoms with van der Waals surface area (Å²) in [7, 11) is 0. The Labute approximate surface area is 133 Å². The standard InChI is InChI=1S/C17H32O5/c18-12-14-11-15(19)16(20)17(22-14)21-10-6-2-5-9-13-7-3-1-4-8-13/h13-20H,1-12H2/t14?,15?,16?,17-/m1/s1. The van der Waals surface area contributed by atoms with Gasteiger partial charge in [0.15, 0.2) is 6.29 Å². The van der Waals surface area contributed by atoms with Crippen LogP contribution in [-0.4, -0.2) is 53.1 Å². The van der Waals surface area contributed by atoms with Crippen molar-refractivity contribution in [3.8, 4) is 0 Å². The smallest absolute Gasteiger partial charge is 0.186 e. The highest BCUT2D eigenvalue weighted by atomic mass is 16.7. The molecule has 5 nitrogen and oxygen atoms in total. The van der Waals surface area contributed by atoms with Crippen molar-refractivity contribution in [1.29, 1.82) is 0 Å². The van der Waals surface area contributed by atoms with Crippen LogP contribution in [0.3, 0.4) is 0 Å². The Morgan fingerprint density at radius 3 is 2.50 bits per heavy atom. The lowest BCUT2D eigenvalue weighted by molar-refractivity contribution is -0.271. The number of ether oxygens (including phenoxy) is 2. The summed E-state index contributed by atoms with van der Waals surface area (Å²) in [6, 6.07) is 0. The molecule has 2 fully saturated rings. The minimum Gasteiger partial charge on any atom is -0.394 e. The zero-order valence-electron chi connectivity index (χ0n) is 13.5. The van der Waals surface area contributed by atoms with Crippen molar-refractivity contribution in [3.63, 3.8) is 0 Å². The van der Waals surface area contributed by atoms with Crippen molar-refractivity contribution in [2.24, 2.45) is 5.92 Å². The fraction of sp³-hybridized carbons (Fsp3) is 1.00. The van der Waals surface area contributed by atoms with Gasteiger partial charge < -0.3 is 24.8 Å². The average molecular weight is 316 g/mol. The zero-order valence-corrected chi connectivity index (χ0v) is 13.5. The van der Waals surface area contributed by atoms with Gasteiger partial charge in [0, 0.05) is 13.0 Å². The van der Waals surface area contributed by atoms with E-state index in [-0.39, 0.29) is 13.0 Å². The van der Waals surface area contributed by atoms with E-state index in [9.17, 15) is 10.2 Å². The third-order valence-electron chi connectivity index (χ3n) is 4.97. The van der Waals surface area contributed by atoms with Gasteiger partial charge in [-0.1, -0.05) is 51.4 Å². The second-order valence-corrected chi connectivity index (χ2v) is 6.83. The van der Waals surface area contributed by atoms with Crippen LogP contribution in [0.2, 0.25) is 0 Å². The molecule has 1 heterocycles. The van der Waals surface area contributed by atoms with Crippen molar-refractivity contribution in [2.45, 2.75) is 88.8 Å². The van der Waals surface area contributed by atoms with Gasteiger partial charge in [0.2, 0.25) is 0 Å². The van der Waals surface area contributed by atoms with E-state index in [0.717, 1.165) is 18.8 Å². The van der Waals surface area contributed by atoms with E-state index in [0.29, 0.717) is 6.61 Å². The molecule has 3 N–H and O–H groups in total. The van der Waals surface area contributed by atoms with Crippen LogP contribution in [0.15, 0.2) is 0 Å². The summed E-state index contributed by atoms with van der Waals surface area (Å²) >= 11 is 0. The van der Waals surface area contributed by atoms with Crippen LogP contribution in [0.4, 0.5) is 0 Å². The van der Waals surface area contributed by atoms with Crippen molar-refractivity contribution < 1.29 is 24.8 Å². The molecule has 1 aliphatic carbocycles. The first kappa shape index (κ1) is 18.1. The number of hydrogen-bond acceptors (Lipinski definition) is 5. The van der Waals surface area contributed by atoms with Crippen LogP contribution in [-0.2, 0) is 9.47 Å². The molecule has 0 aromatic heterocycles. The average Bonchev–Trinajstić information content (AvgIpc) is 2.55. The van der Waals surface area contributed by atoms with Crippen LogP contribution in [0.25, 0.3) is 0 Å². The molecule has 0 aromatic carbocycles. The lowest BCUT2D eigenvalue weighted by Crippen LogP contribution is -2.50. The molecule has 2 rings (SSSR count). The number of unbranched alkanes of at least 4 members (excludes halogenated alkanes) is 2. The molecule has 1 saturated carbocycles. The van der Waals surface area contributed by atoms with E-state index >= 15 is 0 Å². The first-order valence-corrected chi connectivity index (χ1v) is 8.94. The molecular formula is C17H32O5. The van der Waals surface area contributed by atoms with Gasteiger partial charge >= 0.3 is 0 Å². The predicted octanol–water partition coefficient (Wildman–Crippen LogP) is 1.97. The third kappa shape index (κ3) is 5.78. The number of hydrogen-bond donors (Lipinski definition) is 3. The maximum absolute atomic E-state index is 9.84. The van der Waals surface area contributed by atoms with Crippen LogP contribution in [0.1, 0.15) is 64.2 Å². The van der Waals surface area contributed by atoms with Crippen molar-refractivity contribution in [2.75, 3.05) is 13.2 Å². The SMILES string of the molecule is OCC1CC(O)C(O)[C@H](OCCCCCC2CCCCC2)O1. The second-order valence-electron chi connectivity index (χ2n) is 6.83. The number of aliphatic hydroxyl groups is 3. The highest BCUT2D eigenvalue weighted by Gasteiger charge is 2.36. The zero-order chi connectivity index (χ0) is 15.8. The lowest BCUT2D eigenvalue weighted by atomic mass is 9.86. The van der Waals surface area contributed by atoms with Gasteiger partial charge in [-0.05, 0) is 12.3 Å². The molecule has 1 saturated heterocycles. The van der Waals surface area contributed by atoms with Crippen molar-refractivity contribution >= 4 is 0 Å². The summed E-state index contributed by atoms with van der Waals surface area (Å²) in [4.78, 5) is 0. The Hall–Kier alpha value is -0.200. The van der Waals surface area contributed by atoms with Crippen LogP contribution < -0.4 is 0 Å². The second kappa shape index (κ2) is 9.83. The minimum atomic E-state index is -1.02. The Kier molecular flexibility index (Phi) is 8.11. The number of aliphatic hydroxyl groups excluding tert-OH is 3. The Bertz CT molecular complexity index is 293. The molecule has 0 aromatic rings. The van der Waals surface area contributed by atoms with E-state index < -0.39 is 24.6 Å². The topological polar surface area (TPSA) is 79.2 Å². The van der Waals surface area contributed by atoms with Crippen molar-refractivity contribution in [3.05, 3.63) is 0 Å². The molecule has 130 valence electrons. The van der Waals surface area contributed by atoms with Gasteiger partial charge in [0.25, 0.3) is 0 Å². The van der Waals surface area contributed by atoms with Gasteiger partial charge in [0.05, 0.1) is 18.8 Å². The predicted molar refractivity (Wildman–Crippen MR) is 83.4 cm³/mol. The van der Waals surface area contributed by atoms with Gasteiger partial charge in [-0.25, -0.2) is 0 Å². The molecule has 1 aliphatic heterocycles. The van der Waals surface area contributed by atoms with E-state index in [4.69, 9.17) is 14.6 Å². The third-order valence-corrected chi connectivity index (χ3v) is 4.97. The van der Waals surface area contributed by atoms with E-state index in [1.165, 1.54) is 44.9 Å². The van der Waals surface area contributed by atoms with Crippen LogP contribution >= 0.6 is 0 Å². The monoisotopic (exact) mass is 316 g/mol. The molecule has 4 atom stereocenters.